The van der Waals surface area contributed by atoms with Gasteiger partial charge in [-0.3, -0.25) is 4.79 Å². The number of carbonyl (C=O) groups is 1. The van der Waals surface area contributed by atoms with Crippen LogP contribution in [-0.4, -0.2) is 34.1 Å². The lowest BCUT2D eigenvalue weighted by Crippen LogP contribution is -2.35. The molecular formula is C17H19IN2O4S. The minimum atomic E-state index is -3.63. The van der Waals surface area contributed by atoms with E-state index in [0.717, 1.165) is 3.57 Å². The maximum atomic E-state index is 12.3. The van der Waals surface area contributed by atoms with Crippen molar-refractivity contribution in [3.05, 3.63) is 57.7 Å². The lowest BCUT2D eigenvalue weighted by Gasteiger charge is -2.13. The van der Waals surface area contributed by atoms with Gasteiger partial charge in [0.25, 0.3) is 5.91 Å². The van der Waals surface area contributed by atoms with Gasteiger partial charge in [0.2, 0.25) is 10.0 Å². The Bertz CT molecular complexity index is 838. The molecule has 0 aliphatic heterocycles. The Morgan fingerprint density at radius 2 is 1.88 bits per heavy atom. The van der Waals surface area contributed by atoms with Gasteiger partial charge < -0.3 is 10.1 Å². The number of anilines is 1. The fraction of sp³-hybridized carbons (Fsp3) is 0.235. The number of carbonyl (C=O) groups excluding carboxylic acids is 1. The minimum Gasteiger partial charge on any atom is -0.383 e. The van der Waals surface area contributed by atoms with Gasteiger partial charge in [-0.1, -0.05) is 6.07 Å². The molecule has 1 amide bonds. The number of amides is 1. The average Bonchev–Trinajstić information content (AvgIpc) is 2.55. The van der Waals surface area contributed by atoms with E-state index in [1.807, 2.05) is 6.07 Å². The number of ether oxygens (including phenoxy) is 1. The third-order valence-electron chi connectivity index (χ3n) is 3.28. The molecule has 0 saturated heterocycles. The average molecular weight is 474 g/mol. The molecule has 0 bridgehead atoms. The second-order valence-corrected chi connectivity index (χ2v) is 8.43. The van der Waals surface area contributed by atoms with Gasteiger partial charge in [0.1, 0.15) is 0 Å². The molecule has 2 aromatic carbocycles. The second kappa shape index (κ2) is 8.75. The topological polar surface area (TPSA) is 84.5 Å². The molecule has 1 unspecified atom stereocenters. The monoisotopic (exact) mass is 474 g/mol. The molecular weight excluding hydrogens is 455 g/mol. The van der Waals surface area contributed by atoms with E-state index < -0.39 is 10.0 Å². The lowest BCUT2D eigenvalue weighted by molar-refractivity contribution is 0.102. The van der Waals surface area contributed by atoms with Crippen molar-refractivity contribution < 1.29 is 17.9 Å². The van der Waals surface area contributed by atoms with Gasteiger partial charge in [-0.25, -0.2) is 13.1 Å². The Hall–Kier alpha value is -1.49. The van der Waals surface area contributed by atoms with Crippen LogP contribution in [0.2, 0.25) is 0 Å². The number of rotatable bonds is 7. The highest BCUT2D eigenvalue weighted by molar-refractivity contribution is 14.1. The first-order chi connectivity index (χ1) is 11.8. The highest BCUT2D eigenvalue weighted by Gasteiger charge is 2.17. The van der Waals surface area contributed by atoms with Gasteiger partial charge >= 0.3 is 0 Å². The van der Waals surface area contributed by atoms with Gasteiger partial charge in [0.15, 0.2) is 0 Å². The summed E-state index contributed by atoms with van der Waals surface area (Å²) >= 11 is 2.14. The molecule has 0 fully saturated rings. The summed E-state index contributed by atoms with van der Waals surface area (Å²) in [6.07, 6.45) is 0. The fourth-order valence-corrected chi connectivity index (χ4v) is 3.94. The number of benzene rings is 2. The summed E-state index contributed by atoms with van der Waals surface area (Å²) in [5.74, 6) is -0.249. The van der Waals surface area contributed by atoms with E-state index in [4.69, 9.17) is 4.74 Å². The van der Waals surface area contributed by atoms with E-state index in [1.165, 1.54) is 19.2 Å². The largest absolute Gasteiger partial charge is 0.383 e. The zero-order valence-electron chi connectivity index (χ0n) is 13.8. The number of hydrogen-bond donors (Lipinski definition) is 2. The third-order valence-corrected chi connectivity index (χ3v) is 5.56. The fourth-order valence-electron chi connectivity index (χ4n) is 2.17. The zero-order chi connectivity index (χ0) is 18.4. The number of halogens is 1. The Kier molecular flexibility index (Phi) is 6.94. The van der Waals surface area contributed by atoms with E-state index in [-0.39, 0.29) is 23.5 Å². The van der Waals surface area contributed by atoms with Crippen molar-refractivity contribution in [2.24, 2.45) is 0 Å². The molecule has 8 heteroatoms. The van der Waals surface area contributed by atoms with Crippen LogP contribution in [0.1, 0.15) is 17.3 Å². The molecule has 134 valence electrons. The van der Waals surface area contributed by atoms with Crippen LogP contribution in [0.25, 0.3) is 0 Å². The minimum absolute atomic E-state index is 0.128. The molecule has 2 N–H and O–H groups in total. The van der Waals surface area contributed by atoms with Crippen molar-refractivity contribution in [1.29, 1.82) is 0 Å². The summed E-state index contributed by atoms with van der Waals surface area (Å²) in [5, 5.41) is 2.75. The molecule has 2 aromatic rings. The Morgan fingerprint density at radius 1 is 1.20 bits per heavy atom. The normalized spacial score (nSPS) is 12.6. The standard InChI is InChI=1S/C17H19IN2O4S/c1-12(11-24-2)20-25(22,23)16-8-6-15(7-9-16)19-17(21)13-4-3-5-14(18)10-13/h3-10,12,20H,11H2,1-2H3,(H,19,21). The number of sulfonamides is 1. The van der Waals surface area contributed by atoms with Crippen molar-refractivity contribution in [3.8, 4) is 0 Å². The van der Waals surface area contributed by atoms with Crippen LogP contribution in [0.4, 0.5) is 5.69 Å². The molecule has 6 nitrogen and oxygen atoms in total. The van der Waals surface area contributed by atoms with Crippen LogP contribution in [0.15, 0.2) is 53.4 Å². The summed E-state index contributed by atoms with van der Waals surface area (Å²) in [7, 11) is -2.12. The van der Waals surface area contributed by atoms with E-state index >= 15 is 0 Å². The molecule has 0 aliphatic carbocycles. The molecule has 0 heterocycles. The molecule has 0 spiro atoms. The van der Waals surface area contributed by atoms with Crippen LogP contribution in [0, 0.1) is 3.57 Å². The SMILES string of the molecule is COCC(C)NS(=O)(=O)c1ccc(NC(=O)c2cccc(I)c2)cc1. The van der Waals surface area contributed by atoms with Crippen LogP contribution in [-0.2, 0) is 14.8 Å². The Morgan fingerprint density at radius 3 is 2.48 bits per heavy atom. The molecule has 0 aromatic heterocycles. The van der Waals surface area contributed by atoms with Crippen molar-refractivity contribution in [2.45, 2.75) is 17.9 Å². The first-order valence-corrected chi connectivity index (χ1v) is 10.1. The van der Waals surface area contributed by atoms with Crippen molar-refractivity contribution in [2.75, 3.05) is 19.0 Å². The first kappa shape index (κ1) is 19.8. The molecule has 0 saturated carbocycles. The van der Waals surface area contributed by atoms with E-state index in [2.05, 4.69) is 32.6 Å². The molecule has 1 atom stereocenters. The summed E-state index contributed by atoms with van der Waals surface area (Å²) in [6.45, 7) is 2.00. The van der Waals surface area contributed by atoms with Gasteiger partial charge in [-0.15, -0.1) is 0 Å². The van der Waals surface area contributed by atoms with Crippen molar-refractivity contribution >= 4 is 44.2 Å². The van der Waals surface area contributed by atoms with Crippen molar-refractivity contribution in [1.82, 2.24) is 4.72 Å². The zero-order valence-corrected chi connectivity index (χ0v) is 16.8. The van der Waals surface area contributed by atoms with E-state index in [1.54, 1.807) is 37.3 Å². The predicted molar refractivity (Wildman–Crippen MR) is 105 cm³/mol. The first-order valence-electron chi connectivity index (χ1n) is 7.50. The number of methoxy groups -OCH3 is 1. The Balaban J connectivity index is 2.08. The van der Waals surface area contributed by atoms with Gasteiger partial charge in [-0.2, -0.15) is 0 Å². The van der Waals surface area contributed by atoms with Crippen molar-refractivity contribution in [3.63, 3.8) is 0 Å². The molecule has 0 aliphatic rings. The Labute approximate surface area is 161 Å². The number of nitrogens with one attached hydrogen (secondary N) is 2. The second-order valence-electron chi connectivity index (χ2n) is 5.47. The van der Waals surface area contributed by atoms with Gasteiger partial charge in [-0.05, 0) is 72.0 Å². The van der Waals surface area contributed by atoms with Crippen LogP contribution >= 0.6 is 22.6 Å². The molecule has 0 radical (unpaired) electrons. The maximum Gasteiger partial charge on any atom is 0.255 e. The third kappa shape index (κ3) is 5.77. The predicted octanol–water partition coefficient (Wildman–Crippen LogP) is 2.86. The highest BCUT2D eigenvalue weighted by Crippen LogP contribution is 2.16. The quantitative estimate of drug-likeness (QED) is 0.605. The number of hydrogen-bond acceptors (Lipinski definition) is 4. The van der Waals surface area contributed by atoms with Crippen LogP contribution in [0.3, 0.4) is 0 Å². The highest BCUT2D eigenvalue weighted by atomic mass is 127. The summed E-state index contributed by atoms with van der Waals surface area (Å²) in [4.78, 5) is 12.3. The van der Waals surface area contributed by atoms with Crippen LogP contribution in [0.5, 0.6) is 0 Å². The summed E-state index contributed by atoms with van der Waals surface area (Å²) in [5.41, 5.74) is 1.06. The lowest BCUT2D eigenvalue weighted by atomic mass is 10.2. The van der Waals surface area contributed by atoms with Gasteiger partial charge in [0, 0.05) is 28.0 Å². The maximum absolute atomic E-state index is 12.3. The molecule has 25 heavy (non-hydrogen) atoms. The summed E-state index contributed by atoms with van der Waals surface area (Å²) < 4.78 is 32.9. The van der Waals surface area contributed by atoms with E-state index in [9.17, 15) is 13.2 Å². The van der Waals surface area contributed by atoms with Crippen LogP contribution < -0.4 is 10.0 Å². The smallest absolute Gasteiger partial charge is 0.255 e. The molecule has 2 rings (SSSR count). The van der Waals surface area contributed by atoms with E-state index in [0.29, 0.717) is 11.3 Å². The summed E-state index contributed by atoms with van der Waals surface area (Å²) in [6, 6.07) is 12.9. The van der Waals surface area contributed by atoms with Gasteiger partial charge in [0.05, 0.1) is 11.5 Å².